The minimum Gasteiger partial charge on any atom is -0.358 e. The molecule has 8 heteroatoms. The van der Waals surface area contributed by atoms with Crippen LogP contribution in [-0.2, 0) is 16.1 Å². The van der Waals surface area contributed by atoms with Crippen LogP contribution in [0.4, 0.5) is 11.4 Å². The number of hydrogen-bond donors (Lipinski definition) is 1. The Morgan fingerprint density at radius 2 is 1.82 bits per heavy atom. The van der Waals surface area contributed by atoms with Crippen LogP contribution in [0.25, 0.3) is 0 Å². The molecule has 0 radical (unpaired) electrons. The number of aromatic nitrogens is 1. The van der Waals surface area contributed by atoms with Gasteiger partial charge in [0.05, 0.1) is 11.4 Å². The van der Waals surface area contributed by atoms with Crippen LogP contribution in [0.15, 0.2) is 42.7 Å². The van der Waals surface area contributed by atoms with E-state index < -0.39 is 0 Å². The quantitative estimate of drug-likeness (QED) is 0.740. The van der Waals surface area contributed by atoms with Gasteiger partial charge in [-0.3, -0.25) is 24.3 Å². The molecule has 4 heterocycles. The number of hydrogen-bond acceptors (Lipinski definition) is 5. The molecule has 3 aliphatic heterocycles. The first-order valence-corrected chi connectivity index (χ1v) is 12.3. The zero-order valence-corrected chi connectivity index (χ0v) is 19.4. The average molecular weight is 462 g/mol. The summed E-state index contributed by atoms with van der Waals surface area (Å²) in [6.07, 6.45) is 9.40. The summed E-state index contributed by atoms with van der Waals surface area (Å²) in [5, 5.41) is 2.90. The van der Waals surface area contributed by atoms with E-state index in [0.29, 0.717) is 17.8 Å². The van der Waals surface area contributed by atoms with Gasteiger partial charge in [0, 0.05) is 44.1 Å². The van der Waals surface area contributed by atoms with Gasteiger partial charge >= 0.3 is 0 Å². The Balaban J connectivity index is 1.40. The van der Waals surface area contributed by atoms with E-state index in [1.54, 1.807) is 17.3 Å². The Bertz CT molecular complexity index is 1070. The first-order valence-electron chi connectivity index (χ1n) is 12.3. The van der Waals surface area contributed by atoms with E-state index in [4.69, 9.17) is 0 Å². The van der Waals surface area contributed by atoms with Crippen LogP contribution >= 0.6 is 0 Å². The number of nitrogens with one attached hydrogen (secondary N) is 1. The maximum atomic E-state index is 13.5. The highest BCUT2D eigenvalue weighted by Gasteiger charge is 2.40. The summed E-state index contributed by atoms with van der Waals surface area (Å²) in [6, 6.07) is 9.10. The van der Waals surface area contributed by atoms with Crippen LogP contribution in [0.5, 0.6) is 0 Å². The van der Waals surface area contributed by atoms with Crippen molar-refractivity contribution in [1.82, 2.24) is 15.2 Å². The van der Waals surface area contributed by atoms with Crippen molar-refractivity contribution >= 4 is 29.1 Å². The number of nitrogens with zero attached hydrogens (tertiary/aromatic N) is 4. The second kappa shape index (κ2) is 9.83. The SMILES string of the molecule is O=C(CN1C(=O)[C@H]2CCCCN2c2ccc(C(=O)N3CCCCC3)cc21)NCc1cccnc1. The molecule has 0 unspecified atom stereocenters. The van der Waals surface area contributed by atoms with Gasteiger partial charge in [-0.25, -0.2) is 0 Å². The van der Waals surface area contributed by atoms with Crippen LogP contribution in [0, 0.1) is 0 Å². The molecule has 1 aromatic heterocycles. The lowest BCUT2D eigenvalue weighted by molar-refractivity contribution is -0.125. The Kier molecular flexibility index (Phi) is 6.47. The summed E-state index contributed by atoms with van der Waals surface area (Å²) in [6.45, 7) is 2.62. The number of fused-ring (bicyclic) bond motifs is 3. The normalized spacial score (nSPS) is 19.9. The van der Waals surface area contributed by atoms with Crippen LogP contribution in [0.1, 0.15) is 54.4 Å². The van der Waals surface area contributed by atoms with Crippen molar-refractivity contribution in [2.45, 2.75) is 51.1 Å². The number of pyridine rings is 1. The lowest BCUT2D eigenvalue weighted by Gasteiger charge is -2.45. The van der Waals surface area contributed by atoms with Gasteiger partial charge in [-0.2, -0.15) is 0 Å². The zero-order chi connectivity index (χ0) is 23.5. The highest BCUT2D eigenvalue weighted by atomic mass is 16.2. The van der Waals surface area contributed by atoms with E-state index in [1.807, 2.05) is 35.2 Å². The predicted octanol–water partition coefficient (Wildman–Crippen LogP) is 2.73. The van der Waals surface area contributed by atoms with Gasteiger partial charge in [0.1, 0.15) is 12.6 Å². The van der Waals surface area contributed by atoms with Gasteiger partial charge in [0.2, 0.25) is 11.8 Å². The predicted molar refractivity (Wildman–Crippen MR) is 130 cm³/mol. The maximum Gasteiger partial charge on any atom is 0.253 e. The van der Waals surface area contributed by atoms with E-state index in [0.717, 1.165) is 69.4 Å². The molecule has 1 atom stereocenters. The Hall–Kier alpha value is -3.42. The largest absolute Gasteiger partial charge is 0.358 e. The summed E-state index contributed by atoms with van der Waals surface area (Å²) >= 11 is 0. The summed E-state index contributed by atoms with van der Waals surface area (Å²) in [7, 11) is 0. The highest BCUT2D eigenvalue weighted by Crippen LogP contribution is 2.40. The fraction of sp³-hybridized carbons (Fsp3) is 0.462. The second-order valence-corrected chi connectivity index (χ2v) is 9.32. The molecule has 8 nitrogen and oxygen atoms in total. The standard InChI is InChI=1S/C26H31N5O3/c32-24(28-17-19-7-6-11-27-16-19)18-31-23-15-20(25(33)29-12-3-1-4-13-29)9-10-21(23)30-14-5-2-8-22(30)26(31)34/h6-7,9-11,15-16,22H,1-5,8,12-14,17-18H2,(H,28,32)/t22-/m1/s1. The molecule has 34 heavy (non-hydrogen) atoms. The topological polar surface area (TPSA) is 85.9 Å². The first kappa shape index (κ1) is 22.4. The van der Waals surface area contributed by atoms with Gasteiger partial charge in [0.25, 0.3) is 5.91 Å². The number of anilines is 2. The van der Waals surface area contributed by atoms with Gasteiger partial charge in [-0.15, -0.1) is 0 Å². The molecule has 1 N–H and O–H groups in total. The molecule has 0 aliphatic carbocycles. The van der Waals surface area contributed by atoms with Crippen molar-refractivity contribution < 1.29 is 14.4 Å². The lowest BCUT2D eigenvalue weighted by atomic mass is 9.95. The molecule has 178 valence electrons. The van der Waals surface area contributed by atoms with Crippen LogP contribution < -0.4 is 15.1 Å². The van der Waals surface area contributed by atoms with E-state index in [1.165, 1.54) is 0 Å². The molecular weight excluding hydrogens is 430 g/mol. The smallest absolute Gasteiger partial charge is 0.253 e. The van der Waals surface area contributed by atoms with Gasteiger partial charge in [-0.1, -0.05) is 6.07 Å². The number of benzene rings is 1. The summed E-state index contributed by atoms with van der Waals surface area (Å²) in [5.41, 5.74) is 3.06. The fourth-order valence-electron chi connectivity index (χ4n) is 5.24. The van der Waals surface area contributed by atoms with Gasteiger partial charge in [-0.05, 0) is 68.4 Å². The molecule has 2 fully saturated rings. The molecule has 0 bridgehead atoms. The minimum absolute atomic E-state index is 0.00306. The highest BCUT2D eigenvalue weighted by molar-refractivity contribution is 6.09. The molecular formula is C26H31N5O3. The molecule has 2 aromatic rings. The number of rotatable bonds is 5. The molecule has 0 saturated carbocycles. The van der Waals surface area contributed by atoms with Gasteiger partial charge in [0.15, 0.2) is 0 Å². The number of amides is 3. The zero-order valence-electron chi connectivity index (χ0n) is 19.4. The summed E-state index contributed by atoms with van der Waals surface area (Å²) < 4.78 is 0. The Morgan fingerprint density at radius 3 is 2.62 bits per heavy atom. The van der Waals surface area contributed by atoms with E-state index in [9.17, 15) is 14.4 Å². The molecule has 2 saturated heterocycles. The number of carbonyl (C=O) groups excluding carboxylic acids is 3. The Morgan fingerprint density at radius 1 is 1.00 bits per heavy atom. The molecule has 1 aromatic carbocycles. The number of piperidine rings is 2. The number of carbonyl (C=O) groups is 3. The van der Waals surface area contributed by atoms with Crippen LogP contribution in [0.2, 0.25) is 0 Å². The molecule has 3 amide bonds. The van der Waals surface area contributed by atoms with Crippen LogP contribution in [0.3, 0.4) is 0 Å². The van der Waals surface area contributed by atoms with Crippen molar-refractivity contribution in [3.8, 4) is 0 Å². The van der Waals surface area contributed by atoms with Crippen molar-refractivity contribution in [3.05, 3.63) is 53.9 Å². The van der Waals surface area contributed by atoms with Gasteiger partial charge < -0.3 is 15.1 Å². The Labute approximate surface area is 199 Å². The summed E-state index contributed by atoms with van der Waals surface area (Å²) in [4.78, 5) is 49.2. The van der Waals surface area contributed by atoms with E-state index >= 15 is 0 Å². The first-order chi connectivity index (χ1) is 16.6. The summed E-state index contributed by atoms with van der Waals surface area (Å²) in [5.74, 6) is -0.303. The molecule has 5 rings (SSSR count). The fourth-order valence-corrected chi connectivity index (χ4v) is 5.24. The van der Waals surface area contributed by atoms with Crippen molar-refractivity contribution in [3.63, 3.8) is 0 Å². The third-order valence-corrected chi connectivity index (χ3v) is 7.03. The van der Waals surface area contributed by atoms with Crippen molar-refractivity contribution in [1.29, 1.82) is 0 Å². The van der Waals surface area contributed by atoms with E-state index in [-0.39, 0.29) is 30.3 Å². The molecule has 3 aliphatic rings. The van der Waals surface area contributed by atoms with Crippen molar-refractivity contribution in [2.24, 2.45) is 0 Å². The van der Waals surface area contributed by atoms with E-state index in [2.05, 4.69) is 15.2 Å². The van der Waals surface area contributed by atoms with Crippen molar-refractivity contribution in [2.75, 3.05) is 36.0 Å². The minimum atomic E-state index is -0.254. The maximum absolute atomic E-state index is 13.5. The monoisotopic (exact) mass is 461 g/mol. The average Bonchev–Trinajstić information content (AvgIpc) is 2.90. The van der Waals surface area contributed by atoms with Crippen LogP contribution in [-0.4, -0.2) is 59.8 Å². The lowest BCUT2D eigenvalue weighted by Crippen LogP contribution is -2.57. The number of likely N-dealkylation sites (tertiary alicyclic amines) is 1. The second-order valence-electron chi connectivity index (χ2n) is 9.32. The molecule has 0 spiro atoms. The third-order valence-electron chi connectivity index (χ3n) is 7.03. The third kappa shape index (κ3) is 4.49.